The summed E-state index contributed by atoms with van der Waals surface area (Å²) < 4.78 is 0. The molecule has 0 saturated heterocycles. The smallest absolute Gasteiger partial charge is 0.0736 e. The average Bonchev–Trinajstić information content (AvgIpc) is 2.06. The van der Waals surface area contributed by atoms with E-state index in [2.05, 4.69) is 18.1 Å². The van der Waals surface area contributed by atoms with Gasteiger partial charge in [-0.05, 0) is 23.6 Å². The quantitative estimate of drug-likeness (QED) is 0.387. The molecular formula is C9H10NO. The van der Waals surface area contributed by atoms with E-state index in [4.69, 9.17) is 5.21 Å². The Hall–Kier alpha value is -1.31. The van der Waals surface area contributed by atoms with E-state index in [9.17, 15) is 0 Å². The highest BCUT2D eigenvalue weighted by Gasteiger charge is 1.94. The van der Waals surface area contributed by atoms with Crippen LogP contribution in [-0.2, 0) is 6.42 Å². The molecule has 57 valence electrons. The zero-order chi connectivity index (χ0) is 8.10. The molecule has 0 fully saturated rings. The lowest BCUT2D eigenvalue weighted by atomic mass is 10.1. The van der Waals surface area contributed by atoms with Crippen molar-refractivity contribution in [1.29, 1.82) is 0 Å². The Morgan fingerprint density at radius 2 is 2.55 bits per heavy atom. The minimum Gasteiger partial charge on any atom is -0.411 e. The Morgan fingerprint density at radius 3 is 3.18 bits per heavy atom. The van der Waals surface area contributed by atoms with Gasteiger partial charge < -0.3 is 5.21 Å². The second-order valence-electron chi connectivity index (χ2n) is 2.22. The summed E-state index contributed by atoms with van der Waals surface area (Å²) in [5, 5.41) is 11.3. The maximum absolute atomic E-state index is 8.30. The van der Waals surface area contributed by atoms with Gasteiger partial charge in [-0.2, -0.15) is 0 Å². The number of rotatable bonds is 2. The van der Waals surface area contributed by atoms with Gasteiger partial charge in [0.15, 0.2) is 0 Å². The Kier molecular flexibility index (Phi) is 2.66. The Balaban J connectivity index is 3.02. The van der Waals surface area contributed by atoms with Crippen molar-refractivity contribution < 1.29 is 5.21 Å². The number of hydrogen-bond donors (Lipinski definition) is 1. The molecule has 1 aromatic carbocycles. The molecule has 0 unspecified atom stereocenters. The summed E-state index contributed by atoms with van der Waals surface area (Å²) in [5.74, 6) is 0. The fourth-order valence-corrected chi connectivity index (χ4v) is 0.971. The van der Waals surface area contributed by atoms with E-state index in [1.807, 2.05) is 12.1 Å². The van der Waals surface area contributed by atoms with Gasteiger partial charge in [0.05, 0.1) is 6.21 Å². The first kappa shape index (κ1) is 7.79. The first-order valence-corrected chi connectivity index (χ1v) is 3.55. The lowest BCUT2D eigenvalue weighted by Crippen LogP contribution is -1.89. The van der Waals surface area contributed by atoms with Crippen molar-refractivity contribution in [2.75, 3.05) is 0 Å². The first-order chi connectivity index (χ1) is 5.38. The third-order valence-electron chi connectivity index (χ3n) is 1.57. The van der Waals surface area contributed by atoms with Gasteiger partial charge in [-0.1, -0.05) is 30.3 Å². The highest BCUT2D eigenvalue weighted by molar-refractivity contribution is 5.81. The molecule has 0 amide bonds. The molecule has 1 radical (unpaired) electrons. The molecule has 0 bridgehead atoms. The van der Waals surface area contributed by atoms with E-state index in [0.717, 1.165) is 17.5 Å². The van der Waals surface area contributed by atoms with E-state index < -0.39 is 0 Å². The number of aryl methyl sites for hydroxylation is 1. The summed E-state index contributed by atoms with van der Waals surface area (Å²) in [6.45, 7) is 2.05. The van der Waals surface area contributed by atoms with Crippen LogP contribution in [0.3, 0.4) is 0 Å². The number of nitrogens with zero attached hydrogens (tertiary/aromatic N) is 1. The molecule has 0 aliphatic rings. The van der Waals surface area contributed by atoms with E-state index >= 15 is 0 Å². The molecule has 0 aromatic heterocycles. The van der Waals surface area contributed by atoms with E-state index in [0.29, 0.717) is 0 Å². The molecule has 0 saturated carbocycles. The maximum atomic E-state index is 8.30. The molecule has 1 N–H and O–H groups in total. The summed E-state index contributed by atoms with van der Waals surface area (Å²) in [6, 6.07) is 8.54. The molecule has 1 rings (SSSR count). The number of hydrogen-bond acceptors (Lipinski definition) is 2. The van der Waals surface area contributed by atoms with Crippen LogP contribution in [0.4, 0.5) is 0 Å². The Morgan fingerprint density at radius 1 is 1.73 bits per heavy atom. The summed E-state index contributed by atoms with van der Waals surface area (Å²) >= 11 is 0. The van der Waals surface area contributed by atoms with Crippen molar-refractivity contribution in [3.8, 4) is 0 Å². The zero-order valence-electron chi connectivity index (χ0n) is 6.41. The lowest BCUT2D eigenvalue weighted by Gasteiger charge is -1.98. The van der Waals surface area contributed by atoms with Gasteiger partial charge in [-0.3, -0.25) is 0 Å². The summed E-state index contributed by atoms with van der Waals surface area (Å²) in [5.41, 5.74) is 2.10. The van der Waals surface area contributed by atoms with Crippen LogP contribution < -0.4 is 0 Å². The van der Waals surface area contributed by atoms with Crippen molar-refractivity contribution in [2.45, 2.75) is 13.3 Å². The van der Waals surface area contributed by atoms with Gasteiger partial charge in [0.25, 0.3) is 0 Å². The van der Waals surface area contributed by atoms with Crippen molar-refractivity contribution >= 4 is 6.21 Å². The van der Waals surface area contributed by atoms with Crippen molar-refractivity contribution in [2.24, 2.45) is 5.16 Å². The van der Waals surface area contributed by atoms with Gasteiger partial charge >= 0.3 is 0 Å². The summed E-state index contributed by atoms with van der Waals surface area (Å²) in [4.78, 5) is 0. The fraction of sp³-hybridized carbons (Fsp3) is 0.222. The molecule has 0 spiro atoms. The van der Waals surface area contributed by atoms with Crippen LogP contribution in [0.1, 0.15) is 18.1 Å². The predicted octanol–water partition coefficient (Wildman–Crippen LogP) is 1.86. The molecule has 11 heavy (non-hydrogen) atoms. The minimum absolute atomic E-state index is 0.929. The van der Waals surface area contributed by atoms with Crippen LogP contribution in [0, 0.1) is 6.07 Å². The molecule has 0 heterocycles. The van der Waals surface area contributed by atoms with Gasteiger partial charge in [0.2, 0.25) is 0 Å². The van der Waals surface area contributed by atoms with Crippen LogP contribution >= 0.6 is 0 Å². The summed E-state index contributed by atoms with van der Waals surface area (Å²) in [7, 11) is 0. The van der Waals surface area contributed by atoms with Crippen LogP contribution in [0.15, 0.2) is 23.4 Å². The average molecular weight is 148 g/mol. The molecule has 1 aromatic rings. The van der Waals surface area contributed by atoms with E-state index in [-0.39, 0.29) is 0 Å². The van der Waals surface area contributed by atoms with E-state index in [1.165, 1.54) is 6.21 Å². The topological polar surface area (TPSA) is 32.6 Å². The molecular weight excluding hydrogens is 138 g/mol. The third kappa shape index (κ3) is 1.80. The monoisotopic (exact) mass is 148 g/mol. The van der Waals surface area contributed by atoms with Gasteiger partial charge in [0, 0.05) is 0 Å². The standard InChI is InChI=1S/C9H10NO/c1-2-8-5-3-4-6-9(8)7-10-11/h4-7,11H,2H2,1H3. The molecule has 0 aliphatic carbocycles. The maximum Gasteiger partial charge on any atom is 0.0736 e. The lowest BCUT2D eigenvalue weighted by molar-refractivity contribution is 0.322. The molecule has 0 aliphatic heterocycles. The normalized spacial score (nSPS) is 10.6. The summed E-state index contributed by atoms with van der Waals surface area (Å²) in [6.07, 6.45) is 2.37. The highest BCUT2D eigenvalue weighted by Crippen LogP contribution is 2.05. The van der Waals surface area contributed by atoms with Gasteiger partial charge in [-0.15, -0.1) is 0 Å². The molecule has 0 atom stereocenters. The van der Waals surface area contributed by atoms with Crippen molar-refractivity contribution in [3.05, 3.63) is 35.4 Å². The second kappa shape index (κ2) is 3.76. The molecule has 2 heteroatoms. The van der Waals surface area contributed by atoms with Crippen LogP contribution in [0.25, 0.3) is 0 Å². The fourth-order valence-electron chi connectivity index (χ4n) is 0.971. The minimum atomic E-state index is 0.929. The van der Waals surface area contributed by atoms with Crippen molar-refractivity contribution in [1.82, 2.24) is 0 Å². The third-order valence-corrected chi connectivity index (χ3v) is 1.57. The zero-order valence-corrected chi connectivity index (χ0v) is 6.41. The van der Waals surface area contributed by atoms with E-state index in [1.54, 1.807) is 6.07 Å². The molecule has 2 nitrogen and oxygen atoms in total. The SMILES string of the molecule is CCc1c[c]ccc1C=NO. The largest absolute Gasteiger partial charge is 0.411 e. The first-order valence-electron chi connectivity index (χ1n) is 3.55. The van der Waals surface area contributed by atoms with Crippen LogP contribution in [0.2, 0.25) is 0 Å². The second-order valence-corrected chi connectivity index (χ2v) is 2.22. The van der Waals surface area contributed by atoms with Gasteiger partial charge in [-0.25, -0.2) is 0 Å². The van der Waals surface area contributed by atoms with Gasteiger partial charge in [0.1, 0.15) is 0 Å². The number of oxime groups is 1. The Labute approximate surface area is 66.2 Å². The Bertz CT molecular complexity index is 255. The predicted molar refractivity (Wildman–Crippen MR) is 44.0 cm³/mol. The highest BCUT2D eigenvalue weighted by atomic mass is 16.4. The number of benzene rings is 1. The van der Waals surface area contributed by atoms with Crippen LogP contribution in [0.5, 0.6) is 0 Å². The van der Waals surface area contributed by atoms with Crippen molar-refractivity contribution in [3.63, 3.8) is 0 Å². The van der Waals surface area contributed by atoms with Crippen LogP contribution in [-0.4, -0.2) is 11.4 Å².